The highest BCUT2D eigenvalue weighted by molar-refractivity contribution is 7.99. The van der Waals surface area contributed by atoms with E-state index < -0.39 is 0 Å². The highest BCUT2D eigenvalue weighted by atomic mass is 32.2. The van der Waals surface area contributed by atoms with Gasteiger partial charge in [0.05, 0.1) is 18.0 Å². The van der Waals surface area contributed by atoms with Crippen molar-refractivity contribution in [3.8, 4) is 11.1 Å². The van der Waals surface area contributed by atoms with Gasteiger partial charge < -0.3 is 4.74 Å². The first kappa shape index (κ1) is 22.8. The van der Waals surface area contributed by atoms with Gasteiger partial charge in [-0.05, 0) is 34.9 Å². The van der Waals surface area contributed by atoms with Crippen LogP contribution in [0.1, 0.15) is 16.4 Å². The Bertz CT molecular complexity index is 1190. The molecule has 5 rings (SSSR count). The van der Waals surface area contributed by atoms with Gasteiger partial charge in [0.15, 0.2) is 0 Å². The third kappa shape index (κ3) is 5.55. The molecule has 1 aliphatic heterocycles. The first-order valence-corrected chi connectivity index (χ1v) is 12.4. The van der Waals surface area contributed by atoms with Crippen molar-refractivity contribution in [1.82, 2.24) is 9.88 Å². The van der Waals surface area contributed by atoms with Crippen molar-refractivity contribution in [3.05, 3.63) is 120 Å². The quantitative estimate of drug-likeness (QED) is 0.283. The fourth-order valence-electron chi connectivity index (χ4n) is 4.36. The molecule has 1 aromatic heterocycles. The van der Waals surface area contributed by atoms with Crippen molar-refractivity contribution in [3.63, 3.8) is 0 Å². The first-order valence-electron chi connectivity index (χ1n) is 11.6. The number of benzene rings is 3. The predicted octanol–water partition coefficient (Wildman–Crippen LogP) is 6.62. The molecule has 34 heavy (non-hydrogen) atoms. The summed E-state index contributed by atoms with van der Waals surface area (Å²) in [5.74, 6) is -0.238. The van der Waals surface area contributed by atoms with Gasteiger partial charge in [-0.2, -0.15) is 0 Å². The average molecular weight is 471 g/mol. The van der Waals surface area contributed by atoms with Crippen LogP contribution < -0.4 is 0 Å². The number of hydrogen-bond donors (Lipinski definition) is 0. The molecular formula is C29H27FN2OS. The molecule has 3 nitrogen and oxygen atoms in total. The van der Waals surface area contributed by atoms with Gasteiger partial charge in [0, 0.05) is 31.4 Å². The summed E-state index contributed by atoms with van der Waals surface area (Å²) in [7, 11) is 0. The Hall–Kier alpha value is -2.99. The van der Waals surface area contributed by atoms with Crippen LogP contribution in [0.2, 0.25) is 0 Å². The summed E-state index contributed by atoms with van der Waals surface area (Å²) in [5.41, 5.74) is 4.50. The van der Waals surface area contributed by atoms with Gasteiger partial charge in [0.25, 0.3) is 0 Å². The normalized spacial score (nSPS) is 17.4. The minimum absolute atomic E-state index is 0.0212. The van der Waals surface area contributed by atoms with Crippen LogP contribution in [-0.2, 0) is 11.3 Å². The fraction of sp³-hybridized carbons (Fsp3) is 0.207. The molecule has 0 spiro atoms. The minimum atomic E-state index is -0.238. The number of rotatable bonds is 7. The van der Waals surface area contributed by atoms with Crippen LogP contribution in [0.15, 0.2) is 108 Å². The number of aromatic nitrogens is 1. The number of pyridine rings is 1. The number of morpholine rings is 1. The maximum absolute atomic E-state index is 13.5. The van der Waals surface area contributed by atoms with Crippen LogP contribution in [0.3, 0.4) is 0 Å². The predicted molar refractivity (Wildman–Crippen MR) is 136 cm³/mol. The van der Waals surface area contributed by atoms with Crippen LogP contribution >= 0.6 is 11.8 Å². The van der Waals surface area contributed by atoms with E-state index in [2.05, 4.69) is 59.5 Å². The van der Waals surface area contributed by atoms with Crippen LogP contribution in [0, 0.1) is 5.82 Å². The average Bonchev–Trinajstić information content (AvgIpc) is 2.89. The molecule has 5 heteroatoms. The molecule has 1 saturated heterocycles. The molecule has 0 N–H and O–H groups in total. The van der Waals surface area contributed by atoms with Gasteiger partial charge in [-0.15, -0.1) is 0 Å². The highest BCUT2D eigenvalue weighted by Crippen LogP contribution is 2.42. The summed E-state index contributed by atoms with van der Waals surface area (Å²) in [6, 6.07) is 31.7. The molecule has 0 unspecified atom stereocenters. The number of thioether (sulfide) groups is 1. The molecule has 4 aromatic rings. The Kier molecular flexibility index (Phi) is 7.34. The van der Waals surface area contributed by atoms with E-state index in [-0.39, 0.29) is 17.2 Å². The molecule has 1 aliphatic rings. The largest absolute Gasteiger partial charge is 0.374 e. The molecule has 0 saturated carbocycles. The number of hydrogen-bond acceptors (Lipinski definition) is 4. The topological polar surface area (TPSA) is 25.4 Å². The SMILES string of the molecule is Fc1ccc(-c2cccnc2S[C@@H](c2ccccc2)[C@@H]2CN(Cc3ccccc3)CCO2)cc1. The summed E-state index contributed by atoms with van der Waals surface area (Å²) < 4.78 is 19.9. The molecule has 0 amide bonds. The van der Waals surface area contributed by atoms with E-state index in [9.17, 15) is 4.39 Å². The molecule has 2 atom stereocenters. The lowest BCUT2D eigenvalue weighted by molar-refractivity contribution is -0.0320. The van der Waals surface area contributed by atoms with E-state index in [1.54, 1.807) is 11.8 Å². The van der Waals surface area contributed by atoms with Gasteiger partial charge >= 0.3 is 0 Å². The van der Waals surface area contributed by atoms with Crippen molar-refractivity contribution in [2.75, 3.05) is 19.7 Å². The van der Waals surface area contributed by atoms with E-state index in [0.29, 0.717) is 6.61 Å². The second-order valence-corrected chi connectivity index (χ2v) is 9.57. The number of nitrogens with zero attached hydrogens (tertiary/aromatic N) is 2. The molecule has 172 valence electrons. The highest BCUT2D eigenvalue weighted by Gasteiger charge is 2.31. The molecule has 1 fully saturated rings. The van der Waals surface area contributed by atoms with E-state index >= 15 is 0 Å². The summed E-state index contributed by atoms with van der Waals surface area (Å²) in [5, 5.41) is 1.00. The fourth-order valence-corrected chi connectivity index (χ4v) is 5.64. The molecule has 2 heterocycles. The summed E-state index contributed by atoms with van der Waals surface area (Å²) in [6.07, 6.45) is 1.84. The van der Waals surface area contributed by atoms with Gasteiger partial charge in [0.2, 0.25) is 0 Å². The summed E-state index contributed by atoms with van der Waals surface area (Å²) in [6.45, 7) is 3.38. The van der Waals surface area contributed by atoms with Crippen LogP contribution in [-0.4, -0.2) is 35.7 Å². The Morgan fingerprint density at radius 3 is 2.41 bits per heavy atom. The smallest absolute Gasteiger partial charge is 0.123 e. The zero-order valence-corrected chi connectivity index (χ0v) is 19.7. The van der Waals surface area contributed by atoms with E-state index in [0.717, 1.165) is 35.8 Å². The van der Waals surface area contributed by atoms with Crippen LogP contribution in [0.5, 0.6) is 0 Å². The zero-order valence-electron chi connectivity index (χ0n) is 18.9. The summed E-state index contributed by atoms with van der Waals surface area (Å²) in [4.78, 5) is 7.20. The van der Waals surface area contributed by atoms with Crippen molar-refractivity contribution in [2.24, 2.45) is 0 Å². The van der Waals surface area contributed by atoms with E-state index in [1.807, 2.05) is 36.5 Å². The summed E-state index contributed by atoms with van der Waals surface area (Å²) >= 11 is 1.73. The second kappa shape index (κ2) is 11.0. The lowest BCUT2D eigenvalue weighted by Gasteiger charge is -2.37. The Morgan fingerprint density at radius 2 is 1.65 bits per heavy atom. The van der Waals surface area contributed by atoms with Gasteiger partial charge in [-0.25, -0.2) is 9.37 Å². The molecule has 0 radical (unpaired) electrons. The molecule has 3 aromatic carbocycles. The van der Waals surface area contributed by atoms with Gasteiger partial charge in [-0.3, -0.25) is 4.90 Å². The lowest BCUT2D eigenvalue weighted by atomic mass is 10.1. The van der Waals surface area contributed by atoms with Crippen LogP contribution in [0.4, 0.5) is 4.39 Å². The molecular weight excluding hydrogens is 443 g/mol. The van der Waals surface area contributed by atoms with Gasteiger partial charge in [0.1, 0.15) is 10.8 Å². The Balaban J connectivity index is 1.42. The van der Waals surface area contributed by atoms with E-state index in [4.69, 9.17) is 9.72 Å². The number of ether oxygens (including phenoxy) is 1. The van der Waals surface area contributed by atoms with Crippen molar-refractivity contribution >= 4 is 11.8 Å². The zero-order chi connectivity index (χ0) is 23.2. The van der Waals surface area contributed by atoms with E-state index in [1.165, 1.54) is 23.3 Å². The Labute approximate surface area is 204 Å². The molecule has 0 bridgehead atoms. The lowest BCUT2D eigenvalue weighted by Crippen LogP contribution is -2.44. The maximum Gasteiger partial charge on any atom is 0.123 e. The monoisotopic (exact) mass is 470 g/mol. The maximum atomic E-state index is 13.5. The van der Waals surface area contributed by atoms with Crippen molar-refractivity contribution < 1.29 is 9.13 Å². The van der Waals surface area contributed by atoms with Crippen molar-refractivity contribution in [1.29, 1.82) is 0 Å². The Morgan fingerprint density at radius 1 is 0.912 bits per heavy atom. The number of halogens is 1. The van der Waals surface area contributed by atoms with Gasteiger partial charge in [-0.1, -0.05) is 90.6 Å². The third-order valence-electron chi connectivity index (χ3n) is 6.06. The van der Waals surface area contributed by atoms with Crippen LogP contribution in [0.25, 0.3) is 11.1 Å². The second-order valence-electron chi connectivity index (χ2n) is 8.44. The standard InChI is InChI=1S/C29H27FN2OS/c30-25-15-13-23(14-16-25)26-12-7-17-31-29(26)34-28(24-10-5-2-6-11-24)27-21-32(18-19-33-27)20-22-8-3-1-4-9-22/h1-17,27-28H,18-21H2/t27-,28-/m0/s1. The first-order chi connectivity index (χ1) is 16.8. The third-order valence-corrected chi connectivity index (χ3v) is 7.44. The molecule has 0 aliphatic carbocycles. The van der Waals surface area contributed by atoms with Crippen molar-refractivity contribution in [2.45, 2.75) is 22.9 Å². The minimum Gasteiger partial charge on any atom is -0.374 e.